The van der Waals surface area contributed by atoms with Crippen LogP contribution >= 0.6 is 0 Å². The predicted octanol–water partition coefficient (Wildman–Crippen LogP) is 0.338. The van der Waals surface area contributed by atoms with Gasteiger partial charge in [0.15, 0.2) is 0 Å². The second-order valence-electron chi connectivity index (χ2n) is 3.83. The highest BCUT2D eigenvalue weighted by molar-refractivity contribution is 5.96. The third kappa shape index (κ3) is 2.55. The maximum Gasteiger partial charge on any atom is 0.252 e. The van der Waals surface area contributed by atoms with Gasteiger partial charge in [-0.3, -0.25) is 9.79 Å². The monoisotopic (exact) mass is 233 g/mol. The van der Waals surface area contributed by atoms with E-state index >= 15 is 0 Å². The maximum absolute atomic E-state index is 11.1. The van der Waals surface area contributed by atoms with Crippen molar-refractivity contribution in [2.75, 3.05) is 20.2 Å². The summed E-state index contributed by atoms with van der Waals surface area (Å²) in [6.07, 6.45) is 0.718. The minimum absolute atomic E-state index is 0.401. The van der Waals surface area contributed by atoms with E-state index in [4.69, 9.17) is 10.5 Å². The number of carbonyl (C=O) groups is 1. The van der Waals surface area contributed by atoms with Gasteiger partial charge in [0, 0.05) is 13.0 Å². The minimum Gasteiger partial charge on any atom is -0.496 e. The molecule has 3 N–H and O–H groups in total. The number of hydrogen-bond acceptors (Lipinski definition) is 4. The summed E-state index contributed by atoms with van der Waals surface area (Å²) in [5.41, 5.74) is 6.69. The number of nitrogens with zero attached hydrogens (tertiary/aromatic N) is 1. The van der Waals surface area contributed by atoms with Gasteiger partial charge in [-0.1, -0.05) is 6.07 Å². The lowest BCUT2D eigenvalue weighted by Crippen LogP contribution is -2.20. The van der Waals surface area contributed by atoms with Crippen LogP contribution in [0.1, 0.15) is 15.9 Å². The molecule has 1 aliphatic rings. The van der Waals surface area contributed by atoms with E-state index in [1.54, 1.807) is 6.07 Å². The van der Waals surface area contributed by atoms with Crippen molar-refractivity contribution in [3.8, 4) is 5.75 Å². The molecule has 17 heavy (non-hydrogen) atoms. The lowest BCUT2D eigenvalue weighted by atomic mass is 10.1. The number of rotatable bonds is 4. The van der Waals surface area contributed by atoms with E-state index in [1.807, 2.05) is 12.1 Å². The smallest absolute Gasteiger partial charge is 0.252 e. The van der Waals surface area contributed by atoms with Gasteiger partial charge in [0.2, 0.25) is 0 Å². The molecule has 0 unspecified atom stereocenters. The van der Waals surface area contributed by atoms with Gasteiger partial charge in [-0.15, -0.1) is 0 Å². The molecule has 0 radical (unpaired) electrons. The molecule has 2 rings (SSSR count). The number of carbonyl (C=O) groups excluding carboxylic acids is 1. The van der Waals surface area contributed by atoms with Crippen molar-refractivity contribution in [1.29, 1.82) is 0 Å². The fourth-order valence-electron chi connectivity index (χ4n) is 1.81. The minimum atomic E-state index is -0.482. The van der Waals surface area contributed by atoms with E-state index in [2.05, 4.69) is 10.3 Å². The van der Waals surface area contributed by atoms with Gasteiger partial charge in [-0.2, -0.15) is 0 Å². The number of amidine groups is 1. The second-order valence-corrected chi connectivity index (χ2v) is 3.83. The SMILES string of the molecule is COc1cc(CC2=NCCN2)ccc1C(N)=O. The zero-order chi connectivity index (χ0) is 12.3. The Morgan fingerprint density at radius 3 is 3.00 bits per heavy atom. The number of amides is 1. The van der Waals surface area contributed by atoms with Gasteiger partial charge in [-0.05, 0) is 17.7 Å². The maximum atomic E-state index is 11.1. The molecule has 0 fully saturated rings. The van der Waals surface area contributed by atoms with Gasteiger partial charge in [0.05, 0.1) is 19.2 Å². The first-order chi connectivity index (χ1) is 8.20. The Balaban J connectivity index is 2.22. The topological polar surface area (TPSA) is 76.7 Å². The van der Waals surface area contributed by atoms with Crippen molar-refractivity contribution < 1.29 is 9.53 Å². The Morgan fingerprint density at radius 1 is 1.59 bits per heavy atom. The first-order valence-corrected chi connectivity index (χ1v) is 5.44. The van der Waals surface area contributed by atoms with Crippen molar-refractivity contribution in [3.05, 3.63) is 29.3 Å². The van der Waals surface area contributed by atoms with Crippen LogP contribution in [0.2, 0.25) is 0 Å². The van der Waals surface area contributed by atoms with Gasteiger partial charge >= 0.3 is 0 Å². The quantitative estimate of drug-likeness (QED) is 0.787. The summed E-state index contributed by atoms with van der Waals surface area (Å²) in [5.74, 6) is 0.997. The molecule has 0 spiro atoms. The summed E-state index contributed by atoms with van der Waals surface area (Å²) >= 11 is 0. The van der Waals surface area contributed by atoms with E-state index in [9.17, 15) is 4.79 Å². The Morgan fingerprint density at radius 2 is 2.41 bits per heavy atom. The normalized spacial score (nSPS) is 14.1. The van der Waals surface area contributed by atoms with Gasteiger partial charge in [-0.25, -0.2) is 0 Å². The Kier molecular flexibility index (Phi) is 3.27. The van der Waals surface area contributed by atoms with Crippen LogP contribution in [0.3, 0.4) is 0 Å². The molecule has 1 aromatic rings. The third-order valence-electron chi connectivity index (χ3n) is 2.65. The molecular weight excluding hydrogens is 218 g/mol. The molecule has 0 saturated carbocycles. The van der Waals surface area contributed by atoms with Crippen LogP contribution in [0.4, 0.5) is 0 Å². The summed E-state index contributed by atoms with van der Waals surface area (Å²) in [6.45, 7) is 1.72. The fourth-order valence-corrected chi connectivity index (χ4v) is 1.81. The third-order valence-corrected chi connectivity index (χ3v) is 2.65. The number of methoxy groups -OCH3 is 1. The number of hydrogen-bond donors (Lipinski definition) is 2. The zero-order valence-corrected chi connectivity index (χ0v) is 9.69. The van der Waals surface area contributed by atoms with Crippen molar-refractivity contribution in [1.82, 2.24) is 5.32 Å². The van der Waals surface area contributed by atoms with E-state index in [-0.39, 0.29) is 0 Å². The van der Waals surface area contributed by atoms with Crippen LogP contribution in [-0.4, -0.2) is 31.9 Å². The van der Waals surface area contributed by atoms with E-state index in [1.165, 1.54) is 7.11 Å². The molecule has 0 aliphatic carbocycles. The Bertz CT molecular complexity index is 469. The van der Waals surface area contributed by atoms with Crippen molar-refractivity contribution in [2.45, 2.75) is 6.42 Å². The molecule has 1 aliphatic heterocycles. The Labute approximate surface area is 99.7 Å². The molecule has 90 valence electrons. The van der Waals surface area contributed by atoms with Crippen LogP contribution in [0, 0.1) is 0 Å². The number of benzene rings is 1. The molecule has 5 heteroatoms. The number of nitrogens with two attached hydrogens (primary N) is 1. The summed E-state index contributed by atoms with van der Waals surface area (Å²) in [5, 5.41) is 3.20. The number of primary amides is 1. The molecule has 0 saturated heterocycles. The molecule has 5 nitrogen and oxygen atoms in total. The first-order valence-electron chi connectivity index (χ1n) is 5.44. The molecule has 1 amide bonds. The molecule has 1 aromatic carbocycles. The Hall–Kier alpha value is -2.04. The standard InChI is InChI=1S/C12H15N3O2/c1-17-10-6-8(2-3-9(10)12(13)16)7-11-14-4-5-15-11/h2-3,6H,4-5,7H2,1H3,(H2,13,16)(H,14,15). The summed E-state index contributed by atoms with van der Waals surface area (Å²) in [7, 11) is 1.52. The average molecular weight is 233 g/mol. The summed E-state index contributed by atoms with van der Waals surface area (Å²) in [6, 6.07) is 5.37. The van der Waals surface area contributed by atoms with Crippen molar-refractivity contribution in [3.63, 3.8) is 0 Å². The fraction of sp³-hybridized carbons (Fsp3) is 0.333. The van der Waals surface area contributed by atoms with E-state index in [0.717, 1.165) is 30.9 Å². The average Bonchev–Trinajstić information content (AvgIpc) is 2.81. The molecule has 0 aromatic heterocycles. The molecule has 1 heterocycles. The highest BCUT2D eigenvalue weighted by Crippen LogP contribution is 2.20. The molecule has 0 bridgehead atoms. The van der Waals surface area contributed by atoms with Crippen LogP contribution in [0.15, 0.2) is 23.2 Å². The number of aliphatic imine (C=N–C) groups is 1. The van der Waals surface area contributed by atoms with E-state index < -0.39 is 5.91 Å². The van der Waals surface area contributed by atoms with Gasteiger partial charge in [0.1, 0.15) is 11.6 Å². The van der Waals surface area contributed by atoms with Crippen molar-refractivity contribution in [2.24, 2.45) is 10.7 Å². The molecular formula is C12H15N3O2. The summed E-state index contributed by atoms with van der Waals surface area (Å²) in [4.78, 5) is 15.5. The lowest BCUT2D eigenvalue weighted by molar-refractivity contribution is 0.0997. The van der Waals surface area contributed by atoms with Gasteiger partial charge < -0.3 is 15.8 Å². The highest BCUT2D eigenvalue weighted by atomic mass is 16.5. The predicted molar refractivity (Wildman–Crippen MR) is 65.5 cm³/mol. The second kappa shape index (κ2) is 4.86. The van der Waals surface area contributed by atoms with Crippen LogP contribution in [-0.2, 0) is 6.42 Å². The summed E-state index contributed by atoms with van der Waals surface area (Å²) < 4.78 is 5.15. The zero-order valence-electron chi connectivity index (χ0n) is 9.69. The van der Waals surface area contributed by atoms with Crippen LogP contribution in [0.5, 0.6) is 5.75 Å². The highest BCUT2D eigenvalue weighted by Gasteiger charge is 2.11. The van der Waals surface area contributed by atoms with Crippen molar-refractivity contribution >= 4 is 11.7 Å². The molecule has 0 atom stereocenters. The van der Waals surface area contributed by atoms with E-state index in [0.29, 0.717) is 11.3 Å². The first kappa shape index (κ1) is 11.4. The number of ether oxygens (including phenoxy) is 1. The van der Waals surface area contributed by atoms with Gasteiger partial charge in [0.25, 0.3) is 5.91 Å². The number of nitrogens with one attached hydrogen (secondary N) is 1. The largest absolute Gasteiger partial charge is 0.496 e. The lowest BCUT2D eigenvalue weighted by Gasteiger charge is -2.08. The van der Waals surface area contributed by atoms with Crippen LogP contribution in [0.25, 0.3) is 0 Å². The van der Waals surface area contributed by atoms with Crippen LogP contribution < -0.4 is 15.8 Å².